The van der Waals surface area contributed by atoms with Crippen LogP contribution in [0.2, 0.25) is 10.0 Å². The molecule has 2 aromatic rings. The highest BCUT2D eigenvalue weighted by molar-refractivity contribution is 6.40. The maximum absolute atomic E-state index is 14.1. The molecule has 23 heavy (non-hydrogen) atoms. The van der Waals surface area contributed by atoms with Crippen LogP contribution in [-0.4, -0.2) is 0 Å². The van der Waals surface area contributed by atoms with Crippen LogP contribution in [0.4, 0.5) is 4.39 Å². The first-order valence-corrected chi connectivity index (χ1v) is 7.59. The van der Waals surface area contributed by atoms with Crippen LogP contribution in [0.25, 0.3) is 11.1 Å². The summed E-state index contributed by atoms with van der Waals surface area (Å²) >= 11 is 12.3. The lowest BCUT2D eigenvalue weighted by Gasteiger charge is -2.19. The second-order valence-corrected chi connectivity index (χ2v) is 6.87. The molecule has 0 saturated heterocycles. The molecule has 2 nitrogen and oxygen atoms in total. The van der Waals surface area contributed by atoms with E-state index in [1.807, 2.05) is 12.1 Å². The zero-order valence-corrected chi connectivity index (χ0v) is 14.3. The minimum atomic E-state index is -0.986. The van der Waals surface area contributed by atoms with E-state index < -0.39 is 5.82 Å². The Labute approximate surface area is 144 Å². The molecule has 0 N–H and O–H groups in total. The van der Waals surface area contributed by atoms with Crippen LogP contribution in [0.5, 0.6) is 0 Å². The fourth-order valence-corrected chi connectivity index (χ4v) is 2.96. The van der Waals surface area contributed by atoms with Crippen LogP contribution >= 0.6 is 23.2 Å². The first-order valence-electron chi connectivity index (χ1n) is 6.84. The van der Waals surface area contributed by atoms with Crippen molar-refractivity contribution in [3.63, 3.8) is 0 Å². The van der Waals surface area contributed by atoms with Gasteiger partial charge >= 0.3 is 0 Å². The lowest BCUT2D eigenvalue weighted by molar-refractivity contribution is 0.590. The summed E-state index contributed by atoms with van der Waals surface area (Å²) in [6.45, 7) is 6.25. The molecule has 2 aromatic carbocycles. The number of benzene rings is 2. The summed E-state index contributed by atoms with van der Waals surface area (Å²) in [5.74, 6) is -0.986. The highest BCUT2D eigenvalue weighted by Gasteiger charge is 2.24. The summed E-state index contributed by atoms with van der Waals surface area (Å²) in [5, 5.41) is 18.0. The molecule has 5 heteroatoms. The Balaban J connectivity index is 2.75. The van der Waals surface area contributed by atoms with Gasteiger partial charge in [0.2, 0.25) is 0 Å². The highest BCUT2D eigenvalue weighted by Crippen LogP contribution is 2.41. The average Bonchev–Trinajstić information content (AvgIpc) is 2.47. The van der Waals surface area contributed by atoms with Gasteiger partial charge in [0, 0.05) is 5.56 Å². The highest BCUT2D eigenvalue weighted by atomic mass is 35.5. The quantitative estimate of drug-likeness (QED) is 0.650. The first kappa shape index (κ1) is 17.3. The van der Waals surface area contributed by atoms with Gasteiger partial charge in [-0.2, -0.15) is 10.5 Å². The van der Waals surface area contributed by atoms with Gasteiger partial charge in [-0.05, 0) is 16.5 Å². The van der Waals surface area contributed by atoms with Crippen molar-refractivity contribution in [1.82, 2.24) is 0 Å². The summed E-state index contributed by atoms with van der Waals surface area (Å²) in [4.78, 5) is 0. The predicted molar refractivity (Wildman–Crippen MR) is 90.0 cm³/mol. The van der Waals surface area contributed by atoms with Crippen molar-refractivity contribution in [3.8, 4) is 23.3 Å². The summed E-state index contributed by atoms with van der Waals surface area (Å²) in [6, 6.07) is 10.8. The van der Waals surface area contributed by atoms with Gasteiger partial charge in [0.25, 0.3) is 0 Å². The van der Waals surface area contributed by atoms with E-state index in [0.717, 1.165) is 5.56 Å². The van der Waals surface area contributed by atoms with Gasteiger partial charge < -0.3 is 0 Å². The Morgan fingerprint density at radius 2 is 1.35 bits per heavy atom. The largest absolute Gasteiger partial charge is 0.204 e. The standard InChI is InChI=1S/C18H13Cl2FN2/c1-18(2,3)11-6-4-10(5-7-11)14-15(19)12(8-22)17(21)13(9-23)16(14)20/h4-7H,1-3H3. The van der Waals surface area contributed by atoms with Gasteiger partial charge in [0.1, 0.15) is 23.3 Å². The molecule has 0 aromatic heterocycles. The fourth-order valence-electron chi connectivity index (χ4n) is 2.25. The smallest absolute Gasteiger partial charge is 0.161 e. The Hall–Kier alpha value is -2.07. The van der Waals surface area contributed by atoms with E-state index >= 15 is 0 Å². The van der Waals surface area contributed by atoms with E-state index in [-0.39, 0.29) is 26.6 Å². The fraction of sp³-hybridized carbons (Fsp3) is 0.222. The summed E-state index contributed by atoms with van der Waals surface area (Å²) in [6.07, 6.45) is 0. The monoisotopic (exact) mass is 346 g/mol. The Kier molecular flexibility index (Phi) is 4.66. The molecule has 0 radical (unpaired) electrons. The van der Waals surface area contributed by atoms with E-state index in [1.165, 1.54) is 0 Å². The van der Waals surface area contributed by atoms with E-state index in [1.54, 1.807) is 24.3 Å². The lowest BCUT2D eigenvalue weighted by atomic mass is 9.86. The molecule has 0 aliphatic rings. The van der Waals surface area contributed by atoms with Gasteiger partial charge in [-0.15, -0.1) is 0 Å². The maximum Gasteiger partial charge on any atom is 0.161 e. The third kappa shape index (κ3) is 3.04. The van der Waals surface area contributed by atoms with Crippen LogP contribution < -0.4 is 0 Å². The maximum atomic E-state index is 14.1. The molecule has 2 rings (SSSR count). The molecule has 0 saturated carbocycles. The van der Waals surface area contributed by atoms with Crippen molar-refractivity contribution in [1.29, 1.82) is 10.5 Å². The number of nitrogens with zero attached hydrogens (tertiary/aromatic N) is 2. The van der Waals surface area contributed by atoms with Gasteiger partial charge in [-0.3, -0.25) is 0 Å². The van der Waals surface area contributed by atoms with Crippen molar-refractivity contribution in [2.75, 3.05) is 0 Å². The molecular formula is C18H13Cl2FN2. The van der Waals surface area contributed by atoms with Crippen LogP contribution in [0, 0.1) is 28.5 Å². The van der Waals surface area contributed by atoms with Gasteiger partial charge in [0.05, 0.1) is 10.0 Å². The molecule has 0 bridgehead atoms. The zero-order valence-electron chi connectivity index (χ0n) is 12.8. The van der Waals surface area contributed by atoms with Crippen LogP contribution in [-0.2, 0) is 5.41 Å². The number of nitriles is 2. The summed E-state index contributed by atoms with van der Waals surface area (Å²) in [7, 11) is 0. The zero-order chi connectivity index (χ0) is 17.4. The molecule has 0 amide bonds. The van der Waals surface area contributed by atoms with Gasteiger partial charge in [-0.25, -0.2) is 4.39 Å². The van der Waals surface area contributed by atoms with Gasteiger partial charge in [0.15, 0.2) is 5.82 Å². The van der Waals surface area contributed by atoms with E-state index in [9.17, 15) is 4.39 Å². The molecular weight excluding hydrogens is 334 g/mol. The number of rotatable bonds is 1. The Bertz CT molecular complexity index is 810. The molecule has 0 aliphatic heterocycles. The van der Waals surface area contributed by atoms with Crippen molar-refractivity contribution in [2.24, 2.45) is 0 Å². The van der Waals surface area contributed by atoms with E-state index in [2.05, 4.69) is 20.8 Å². The molecule has 0 aliphatic carbocycles. The minimum absolute atomic E-state index is 0.0233. The number of hydrogen-bond acceptors (Lipinski definition) is 2. The SMILES string of the molecule is CC(C)(C)c1ccc(-c2c(Cl)c(C#N)c(F)c(C#N)c2Cl)cc1. The minimum Gasteiger partial charge on any atom is -0.204 e. The number of hydrogen-bond donors (Lipinski definition) is 0. The first-order chi connectivity index (χ1) is 10.7. The van der Waals surface area contributed by atoms with Crippen molar-refractivity contribution in [3.05, 3.63) is 56.8 Å². The Morgan fingerprint density at radius 3 is 1.70 bits per heavy atom. The normalized spacial score (nSPS) is 11.0. The molecule has 0 heterocycles. The van der Waals surface area contributed by atoms with Crippen molar-refractivity contribution >= 4 is 23.2 Å². The van der Waals surface area contributed by atoms with Crippen molar-refractivity contribution in [2.45, 2.75) is 26.2 Å². The van der Waals surface area contributed by atoms with Crippen LogP contribution in [0.3, 0.4) is 0 Å². The van der Waals surface area contributed by atoms with E-state index in [0.29, 0.717) is 11.1 Å². The van der Waals surface area contributed by atoms with Crippen LogP contribution in [0.1, 0.15) is 37.5 Å². The predicted octanol–water partition coefficient (Wildman–Crippen LogP) is 5.84. The molecule has 116 valence electrons. The molecule has 0 atom stereocenters. The third-order valence-corrected chi connectivity index (χ3v) is 4.34. The second-order valence-electron chi connectivity index (χ2n) is 6.12. The van der Waals surface area contributed by atoms with Gasteiger partial charge in [-0.1, -0.05) is 68.2 Å². The number of halogens is 3. The average molecular weight is 347 g/mol. The third-order valence-electron chi connectivity index (χ3n) is 3.58. The molecule has 0 fully saturated rings. The molecule has 0 spiro atoms. The second kappa shape index (κ2) is 6.20. The summed E-state index contributed by atoms with van der Waals surface area (Å²) < 4.78 is 14.1. The lowest BCUT2D eigenvalue weighted by Crippen LogP contribution is -2.10. The topological polar surface area (TPSA) is 47.6 Å². The molecule has 0 unspecified atom stereocenters. The Morgan fingerprint density at radius 1 is 0.913 bits per heavy atom. The summed E-state index contributed by atoms with van der Waals surface area (Å²) in [5.41, 5.74) is 1.26. The van der Waals surface area contributed by atoms with Crippen molar-refractivity contribution < 1.29 is 4.39 Å². The van der Waals surface area contributed by atoms with Crippen LogP contribution in [0.15, 0.2) is 24.3 Å². The van der Waals surface area contributed by atoms with E-state index in [4.69, 9.17) is 33.7 Å².